The van der Waals surface area contributed by atoms with Gasteiger partial charge in [-0.15, -0.1) is 11.3 Å². The molecule has 5 heteroatoms. The monoisotopic (exact) mass is 383 g/mol. The molecule has 0 saturated carbocycles. The van der Waals surface area contributed by atoms with Crippen LogP contribution in [0.5, 0.6) is 0 Å². The van der Waals surface area contributed by atoms with E-state index in [4.69, 9.17) is 0 Å². The lowest BCUT2D eigenvalue weighted by molar-refractivity contribution is 1.13. The highest BCUT2D eigenvalue weighted by Crippen LogP contribution is 2.28. The maximum atomic E-state index is 4.51. The number of halogens is 1. The van der Waals surface area contributed by atoms with Gasteiger partial charge in [-0.1, -0.05) is 36.4 Å². The average Bonchev–Trinajstić information content (AvgIpc) is 3.24. The van der Waals surface area contributed by atoms with E-state index in [0.29, 0.717) is 0 Å². The van der Waals surface area contributed by atoms with Crippen LogP contribution in [0.15, 0.2) is 70.9 Å². The molecular weight excluding hydrogens is 370 g/mol. The number of aromatic nitrogens is 2. The van der Waals surface area contributed by atoms with Gasteiger partial charge in [-0.05, 0) is 39.0 Å². The van der Waals surface area contributed by atoms with E-state index in [2.05, 4.69) is 84.7 Å². The van der Waals surface area contributed by atoms with Crippen molar-refractivity contribution >= 4 is 38.6 Å². The number of imidazole rings is 1. The van der Waals surface area contributed by atoms with Gasteiger partial charge < -0.3 is 5.32 Å². The fourth-order valence-electron chi connectivity index (χ4n) is 2.57. The summed E-state index contributed by atoms with van der Waals surface area (Å²) in [7, 11) is 0. The Morgan fingerprint density at radius 2 is 1.96 bits per heavy atom. The van der Waals surface area contributed by atoms with E-state index >= 15 is 0 Å². The number of nitrogens with zero attached hydrogens (tertiary/aromatic N) is 2. The Balaban J connectivity index is 1.78. The molecule has 0 radical (unpaired) electrons. The molecule has 0 fully saturated rings. The lowest BCUT2D eigenvalue weighted by Crippen LogP contribution is -2.01. The van der Waals surface area contributed by atoms with Crippen LogP contribution in [0.4, 0.5) is 5.69 Å². The smallest absolute Gasteiger partial charge is 0.161 e. The predicted octanol–water partition coefficient (Wildman–Crippen LogP) is 5.44. The number of hydrogen-bond donors (Lipinski definition) is 1. The first-order chi connectivity index (χ1) is 11.3. The number of pyridine rings is 1. The third-order valence-electron chi connectivity index (χ3n) is 3.70. The van der Waals surface area contributed by atoms with Gasteiger partial charge in [0.2, 0.25) is 0 Å². The van der Waals surface area contributed by atoms with Crippen molar-refractivity contribution in [1.82, 2.24) is 9.38 Å². The number of thiophene rings is 1. The van der Waals surface area contributed by atoms with Crippen molar-refractivity contribution in [3.05, 3.63) is 75.8 Å². The first-order valence-corrected chi connectivity index (χ1v) is 8.97. The van der Waals surface area contributed by atoms with Crippen molar-refractivity contribution in [2.45, 2.75) is 6.54 Å². The van der Waals surface area contributed by atoms with Gasteiger partial charge in [0.1, 0.15) is 4.60 Å². The zero-order valence-corrected chi connectivity index (χ0v) is 14.6. The van der Waals surface area contributed by atoms with Crippen molar-refractivity contribution in [1.29, 1.82) is 0 Å². The summed E-state index contributed by atoms with van der Waals surface area (Å²) in [4.78, 5) is 5.81. The summed E-state index contributed by atoms with van der Waals surface area (Å²) in [5, 5.41) is 5.62. The van der Waals surface area contributed by atoms with Crippen LogP contribution in [-0.4, -0.2) is 9.38 Å². The largest absolute Gasteiger partial charge is 0.377 e. The summed E-state index contributed by atoms with van der Waals surface area (Å²) in [5.41, 5.74) is 4.30. The van der Waals surface area contributed by atoms with Gasteiger partial charge >= 0.3 is 0 Å². The third-order valence-corrected chi connectivity index (χ3v) is 5.16. The minimum atomic E-state index is 0.802. The summed E-state index contributed by atoms with van der Waals surface area (Å²) < 4.78 is 3.02. The van der Waals surface area contributed by atoms with E-state index in [-0.39, 0.29) is 0 Å². The number of fused-ring (bicyclic) bond motifs is 1. The van der Waals surface area contributed by atoms with Crippen LogP contribution in [0.3, 0.4) is 0 Å². The molecule has 3 nitrogen and oxygen atoms in total. The quantitative estimate of drug-likeness (QED) is 0.508. The zero-order valence-electron chi connectivity index (χ0n) is 12.2. The lowest BCUT2D eigenvalue weighted by Gasteiger charge is -2.11. The van der Waals surface area contributed by atoms with Gasteiger partial charge in [0, 0.05) is 23.2 Å². The molecule has 0 unspecified atom stereocenters. The van der Waals surface area contributed by atoms with Crippen LogP contribution in [0.2, 0.25) is 0 Å². The van der Waals surface area contributed by atoms with Gasteiger partial charge in [0.05, 0.1) is 11.9 Å². The first kappa shape index (κ1) is 14.5. The molecule has 3 heterocycles. The normalized spacial score (nSPS) is 11.0. The molecule has 0 aliphatic carbocycles. The van der Waals surface area contributed by atoms with E-state index in [1.807, 2.05) is 12.3 Å². The van der Waals surface area contributed by atoms with Crippen molar-refractivity contribution in [2.75, 3.05) is 5.32 Å². The highest BCUT2D eigenvalue weighted by Gasteiger charge is 2.10. The zero-order chi connectivity index (χ0) is 15.6. The first-order valence-electron chi connectivity index (χ1n) is 7.29. The SMILES string of the molecule is Brc1cnc2c(NCc3cccs3)cc(-c3ccccc3)cn12. The van der Waals surface area contributed by atoms with Crippen LogP contribution in [0.25, 0.3) is 16.8 Å². The minimum Gasteiger partial charge on any atom is -0.377 e. The molecule has 0 aliphatic heterocycles. The standard InChI is InChI=1S/C18H14BrN3S/c19-17-11-21-18-16(20-10-15-7-4-8-23-15)9-14(12-22(17)18)13-5-2-1-3-6-13/h1-9,11-12,20H,10H2. The van der Waals surface area contributed by atoms with Gasteiger partial charge in [0.15, 0.2) is 5.65 Å². The van der Waals surface area contributed by atoms with Crippen LogP contribution in [-0.2, 0) is 6.54 Å². The molecule has 1 N–H and O–H groups in total. The van der Waals surface area contributed by atoms with Crippen molar-refractivity contribution < 1.29 is 0 Å². The number of nitrogens with one attached hydrogen (secondary N) is 1. The molecule has 0 aliphatic rings. The van der Waals surface area contributed by atoms with Gasteiger partial charge in [-0.2, -0.15) is 0 Å². The molecule has 4 rings (SSSR count). The lowest BCUT2D eigenvalue weighted by atomic mass is 10.1. The Labute approximate surface area is 146 Å². The Hall–Kier alpha value is -2.11. The van der Waals surface area contributed by atoms with Crippen LogP contribution >= 0.6 is 27.3 Å². The number of benzene rings is 1. The average molecular weight is 384 g/mol. The van der Waals surface area contributed by atoms with Crippen LogP contribution in [0, 0.1) is 0 Å². The van der Waals surface area contributed by atoms with E-state index in [0.717, 1.165) is 28.0 Å². The summed E-state index contributed by atoms with van der Waals surface area (Å²) in [6.45, 7) is 0.802. The molecule has 3 aromatic heterocycles. The van der Waals surface area contributed by atoms with Crippen LogP contribution in [0.1, 0.15) is 4.88 Å². The summed E-state index contributed by atoms with van der Waals surface area (Å²) >= 11 is 5.33. The Morgan fingerprint density at radius 1 is 1.09 bits per heavy atom. The second-order valence-electron chi connectivity index (χ2n) is 5.22. The fourth-order valence-corrected chi connectivity index (χ4v) is 3.59. The molecular formula is C18H14BrN3S. The van der Waals surface area contributed by atoms with Gasteiger partial charge in [0.25, 0.3) is 0 Å². The van der Waals surface area contributed by atoms with E-state index in [1.54, 1.807) is 11.3 Å². The van der Waals surface area contributed by atoms with E-state index in [9.17, 15) is 0 Å². The number of rotatable bonds is 4. The molecule has 0 atom stereocenters. The van der Waals surface area contributed by atoms with Crippen molar-refractivity contribution in [3.8, 4) is 11.1 Å². The molecule has 0 amide bonds. The number of hydrogen-bond acceptors (Lipinski definition) is 3. The maximum Gasteiger partial charge on any atom is 0.161 e. The maximum absolute atomic E-state index is 4.51. The van der Waals surface area contributed by atoms with Crippen molar-refractivity contribution in [2.24, 2.45) is 0 Å². The Morgan fingerprint density at radius 3 is 2.74 bits per heavy atom. The second-order valence-corrected chi connectivity index (χ2v) is 7.06. The van der Waals surface area contributed by atoms with E-state index < -0.39 is 0 Å². The van der Waals surface area contributed by atoms with E-state index in [1.165, 1.54) is 10.4 Å². The summed E-state index contributed by atoms with van der Waals surface area (Å²) in [5.74, 6) is 0. The molecule has 4 aromatic rings. The molecule has 0 saturated heterocycles. The predicted molar refractivity (Wildman–Crippen MR) is 100.0 cm³/mol. The van der Waals surface area contributed by atoms with Gasteiger partial charge in [-0.25, -0.2) is 4.98 Å². The molecule has 23 heavy (non-hydrogen) atoms. The number of anilines is 1. The highest BCUT2D eigenvalue weighted by molar-refractivity contribution is 9.10. The highest BCUT2D eigenvalue weighted by atomic mass is 79.9. The Bertz CT molecular complexity index is 930. The van der Waals surface area contributed by atoms with Crippen molar-refractivity contribution in [3.63, 3.8) is 0 Å². The topological polar surface area (TPSA) is 29.3 Å². The van der Waals surface area contributed by atoms with Gasteiger partial charge in [-0.3, -0.25) is 4.40 Å². The molecule has 1 aromatic carbocycles. The van der Waals surface area contributed by atoms with Crippen LogP contribution < -0.4 is 5.32 Å². The molecule has 114 valence electrons. The third kappa shape index (κ3) is 2.90. The molecule has 0 bridgehead atoms. The Kier molecular flexibility index (Phi) is 3.89. The summed E-state index contributed by atoms with van der Waals surface area (Å²) in [6, 6.07) is 16.8. The second kappa shape index (κ2) is 6.18. The summed E-state index contributed by atoms with van der Waals surface area (Å²) in [6.07, 6.45) is 3.94. The minimum absolute atomic E-state index is 0.802. The fraction of sp³-hybridized carbons (Fsp3) is 0.0556. The molecule has 0 spiro atoms.